The molecule has 5 nitrogen and oxygen atoms in total. The van der Waals surface area contributed by atoms with Gasteiger partial charge in [-0.05, 0) is 12.1 Å². The predicted molar refractivity (Wildman–Crippen MR) is 61.9 cm³/mol. The van der Waals surface area contributed by atoms with E-state index in [9.17, 15) is 13.2 Å². The van der Waals surface area contributed by atoms with E-state index in [0.29, 0.717) is 0 Å². The molecule has 0 aliphatic rings. The second-order valence-corrected chi connectivity index (χ2v) is 5.40. The maximum Gasteiger partial charge on any atom is 0.238 e. The molecule has 0 unspecified atom stereocenters. The van der Waals surface area contributed by atoms with Gasteiger partial charge >= 0.3 is 0 Å². The lowest BCUT2D eigenvalue weighted by atomic mass is 10.3. The van der Waals surface area contributed by atoms with Gasteiger partial charge in [0.25, 0.3) is 0 Å². The molecule has 1 amide bonds. The number of anilines is 1. The Morgan fingerprint density at radius 1 is 1.38 bits per heavy atom. The van der Waals surface area contributed by atoms with Crippen LogP contribution in [0.2, 0.25) is 0 Å². The highest BCUT2D eigenvalue weighted by molar-refractivity contribution is 7.91. The number of nitrogens with two attached hydrogens (primary N) is 1. The van der Waals surface area contributed by atoms with Gasteiger partial charge in [-0.15, -0.1) is 0 Å². The summed E-state index contributed by atoms with van der Waals surface area (Å²) >= 11 is 0. The highest BCUT2D eigenvalue weighted by Gasteiger charge is 2.16. The first-order valence-corrected chi connectivity index (χ1v) is 6.48. The van der Waals surface area contributed by atoms with E-state index < -0.39 is 15.7 Å². The number of nitrogens with one attached hydrogen (secondary N) is 1. The van der Waals surface area contributed by atoms with E-state index in [-0.39, 0.29) is 22.9 Å². The van der Waals surface area contributed by atoms with Crippen LogP contribution in [-0.2, 0) is 14.6 Å². The molecule has 1 aromatic rings. The third-order valence-electron chi connectivity index (χ3n) is 2.06. The van der Waals surface area contributed by atoms with Crippen LogP contribution < -0.4 is 11.1 Å². The monoisotopic (exact) mass is 242 g/mol. The van der Waals surface area contributed by atoms with Crippen LogP contribution in [0.5, 0.6) is 0 Å². The van der Waals surface area contributed by atoms with Crippen LogP contribution >= 0.6 is 0 Å². The fraction of sp³-hybridized carbons (Fsp3) is 0.300. The fourth-order valence-corrected chi connectivity index (χ4v) is 2.25. The highest BCUT2D eigenvalue weighted by Crippen LogP contribution is 2.21. The molecule has 0 saturated heterocycles. The van der Waals surface area contributed by atoms with Gasteiger partial charge in [0.2, 0.25) is 5.91 Å². The van der Waals surface area contributed by atoms with E-state index in [1.165, 1.54) is 12.1 Å². The Morgan fingerprint density at radius 2 is 2.00 bits per heavy atom. The zero-order chi connectivity index (χ0) is 12.2. The van der Waals surface area contributed by atoms with Gasteiger partial charge in [-0.25, -0.2) is 8.42 Å². The lowest BCUT2D eigenvalue weighted by Crippen LogP contribution is -2.23. The molecule has 0 atom stereocenters. The molecule has 16 heavy (non-hydrogen) atoms. The number of hydrogen-bond donors (Lipinski definition) is 2. The van der Waals surface area contributed by atoms with Crippen LogP contribution in [0, 0.1) is 0 Å². The largest absolute Gasteiger partial charge is 0.324 e. The van der Waals surface area contributed by atoms with Gasteiger partial charge in [0.1, 0.15) is 0 Å². The first-order chi connectivity index (χ1) is 7.51. The first kappa shape index (κ1) is 12.7. The van der Waals surface area contributed by atoms with Gasteiger partial charge < -0.3 is 11.1 Å². The van der Waals surface area contributed by atoms with Gasteiger partial charge in [-0.1, -0.05) is 19.1 Å². The van der Waals surface area contributed by atoms with Gasteiger partial charge in [0.05, 0.1) is 22.9 Å². The van der Waals surface area contributed by atoms with Crippen molar-refractivity contribution >= 4 is 21.4 Å². The average Bonchev–Trinajstić information content (AvgIpc) is 2.29. The third kappa shape index (κ3) is 2.80. The normalized spacial score (nSPS) is 11.1. The first-order valence-electron chi connectivity index (χ1n) is 4.83. The lowest BCUT2D eigenvalue weighted by Gasteiger charge is -2.09. The van der Waals surface area contributed by atoms with Crippen LogP contribution in [0.1, 0.15) is 6.92 Å². The number of hydrogen-bond acceptors (Lipinski definition) is 4. The Kier molecular flexibility index (Phi) is 4.03. The smallest absolute Gasteiger partial charge is 0.238 e. The average molecular weight is 242 g/mol. The molecule has 1 aromatic carbocycles. The molecule has 0 aliphatic heterocycles. The number of para-hydroxylation sites is 1. The van der Waals surface area contributed by atoms with Crippen molar-refractivity contribution in [3.05, 3.63) is 24.3 Å². The molecule has 0 spiro atoms. The summed E-state index contributed by atoms with van der Waals surface area (Å²) in [6.45, 7) is 1.37. The summed E-state index contributed by atoms with van der Waals surface area (Å²) in [5.41, 5.74) is 5.43. The molecule has 0 aliphatic carbocycles. The van der Waals surface area contributed by atoms with Crippen LogP contribution in [0.25, 0.3) is 0 Å². The number of rotatable bonds is 4. The van der Waals surface area contributed by atoms with Gasteiger partial charge in [-0.3, -0.25) is 4.79 Å². The minimum Gasteiger partial charge on any atom is -0.324 e. The van der Waals surface area contributed by atoms with Crippen LogP contribution in [0.3, 0.4) is 0 Å². The topological polar surface area (TPSA) is 89.3 Å². The molecule has 0 saturated carbocycles. The molecule has 0 aromatic heterocycles. The molecule has 1 rings (SSSR count). The van der Waals surface area contributed by atoms with Gasteiger partial charge in [0.15, 0.2) is 9.84 Å². The molecular weight excluding hydrogens is 228 g/mol. The number of sulfone groups is 1. The molecule has 0 heterocycles. The van der Waals surface area contributed by atoms with E-state index in [2.05, 4.69) is 5.32 Å². The highest BCUT2D eigenvalue weighted by atomic mass is 32.2. The molecule has 0 fully saturated rings. The predicted octanol–water partition coefficient (Wildman–Crippen LogP) is 0.377. The zero-order valence-electron chi connectivity index (χ0n) is 8.93. The SMILES string of the molecule is CCS(=O)(=O)c1ccccc1NC(=O)CN. The molecule has 0 bridgehead atoms. The summed E-state index contributed by atoms with van der Waals surface area (Å²) in [5, 5.41) is 2.46. The minimum absolute atomic E-state index is 0.0114. The van der Waals surface area contributed by atoms with Crippen molar-refractivity contribution in [1.82, 2.24) is 0 Å². The summed E-state index contributed by atoms with van der Waals surface area (Å²) in [6.07, 6.45) is 0. The van der Waals surface area contributed by atoms with Crippen molar-refractivity contribution in [2.24, 2.45) is 5.73 Å². The quantitative estimate of drug-likeness (QED) is 0.798. The maximum absolute atomic E-state index is 11.7. The summed E-state index contributed by atoms with van der Waals surface area (Å²) in [6, 6.07) is 6.27. The van der Waals surface area contributed by atoms with E-state index in [0.717, 1.165) is 0 Å². The van der Waals surface area contributed by atoms with E-state index in [4.69, 9.17) is 5.73 Å². The molecule has 3 N–H and O–H groups in total. The zero-order valence-corrected chi connectivity index (χ0v) is 9.75. The number of carbonyl (C=O) groups is 1. The molecule has 0 radical (unpaired) electrons. The number of amides is 1. The fourth-order valence-electron chi connectivity index (χ4n) is 1.20. The van der Waals surface area contributed by atoms with Crippen molar-refractivity contribution in [3.63, 3.8) is 0 Å². The van der Waals surface area contributed by atoms with Crippen molar-refractivity contribution < 1.29 is 13.2 Å². The van der Waals surface area contributed by atoms with Crippen molar-refractivity contribution in [2.75, 3.05) is 17.6 Å². The second-order valence-electron chi connectivity index (χ2n) is 3.15. The summed E-state index contributed by atoms with van der Waals surface area (Å²) in [4.78, 5) is 11.2. The van der Waals surface area contributed by atoms with Gasteiger partial charge in [0, 0.05) is 0 Å². The van der Waals surface area contributed by atoms with E-state index in [1.54, 1.807) is 19.1 Å². The van der Waals surface area contributed by atoms with Gasteiger partial charge in [-0.2, -0.15) is 0 Å². The number of benzene rings is 1. The van der Waals surface area contributed by atoms with Crippen molar-refractivity contribution in [1.29, 1.82) is 0 Å². The number of carbonyl (C=O) groups excluding carboxylic acids is 1. The summed E-state index contributed by atoms with van der Waals surface area (Å²) in [7, 11) is -3.34. The molecular formula is C10H14N2O3S. The Hall–Kier alpha value is -1.40. The van der Waals surface area contributed by atoms with E-state index in [1.807, 2.05) is 0 Å². The van der Waals surface area contributed by atoms with Crippen LogP contribution in [0.15, 0.2) is 29.2 Å². The Morgan fingerprint density at radius 3 is 2.56 bits per heavy atom. The van der Waals surface area contributed by atoms with Crippen LogP contribution in [0.4, 0.5) is 5.69 Å². The molecule has 88 valence electrons. The Labute approximate surface area is 94.6 Å². The van der Waals surface area contributed by atoms with Crippen molar-refractivity contribution in [3.8, 4) is 0 Å². The minimum atomic E-state index is -3.34. The second kappa shape index (κ2) is 5.09. The van der Waals surface area contributed by atoms with E-state index >= 15 is 0 Å². The summed E-state index contributed by atoms with van der Waals surface area (Å²) in [5.74, 6) is -0.429. The summed E-state index contributed by atoms with van der Waals surface area (Å²) < 4.78 is 23.4. The van der Waals surface area contributed by atoms with Crippen LogP contribution in [-0.4, -0.2) is 26.6 Å². The Balaban J connectivity index is 3.16. The van der Waals surface area contributed by atoms with Crippen molar-refractivity contribution in [2.45, 2.75) is 11.8 Å². The lowest BCUT2D eigenvalue weighted by molar-refractivity contribution is -0.114. The molecule has 6 heteroatoms. The third-order valence-corrected chi connectivity index (χ3v) is 3.85. The standard InChI is InChI=1S/C10H14N2O3S/c1-2-16(14,15)9-6-4-3-5-8(9)12-10(13)7-11/h3-6H,2,7,11H2,1H3,(H,12,13). The maximum atomic E-state index is 11.7. The Bertz CT molecular complexity index is 483.